The summed E-state index contributed by atoms with van der Waals surface area (Å²) in [4.78, 5) is 25.8. The zero-order valence-electron chi connectivity index (χ0n) is 16.6. The van der Waals surface area contributed by atoms with E-state index in [2.05, 4.69) is 28.8 Å². The maximum Gasteiger partial charge on any atom is 0.291 e. The van der Waals surface area contributed by atoms with Crippen molar-refractivity contribution in [2.75, 3.05) is 0 Å². The van der Waals surface area contributed by atoms with Gasteiger partial charge >= 0.3 is 0 Å². The van der Waals surface area contributed by atoms with Crippen LogP contribution < -0.4 is 10.9 Å². The van der Waals surface area contributed by atoms with Crippen LogP contribution in [-0.4, -0.2) is 26.3 Å². The minimum absolute atomic E-state index is 0.0361. The normalized spacial score (nSPS) is 19.9. The molecular formula is C22H28N4O2. The van der Waals surface area contributed by atoms with Gasteiger partial charge in [-0.15, -0.1) is 0 Å². The molecule has 0 saturated heterocycles. The van der Waals surface area contributed by atoms with Crippen molar-refractivity contribution in [3.05, 3.63) is 40.8 Å². The van der Waals surface area contributed by atoms with E-state index in [0.29, 0.717) is 11.4 Å². The molecule has 6 heteroatoms. The van der Waals surface area contributed by atoms with Crippen molar-refractivity contribution in [1.82, 2.24) is 19.7 Å². The fraction of sp³-hybridized carbons (Fsp3) is 0.500. The molecule has 0 bridgehead atoms. The van der Waals surface area contributed by atoms with Crippen molar-refractivity contribution in [2.45, 2.75) is 65.1 Å². The molecular weight excluding hydrogens is 352 g/mol. The molecule has 3 aromatic rings. The maximum absolute atomic E-state index is 13.2. The standard InChI is InChI=1S/C22H28N4O2/c1-3-12-25-19-11-7-5-9-16(19)17-13-23-26(22(28)21(17)25)14-20(27)24-18-10-6-4-8-15(18)2/h5,7,9,11,13,15,18H,3-4,6,8,10,12,14H2,1-2H3,(H,24,27)/t15-,18-/m1/s1. The van der Waals surface area contributed by atoms with Crippen molar-refractivity contribution < 1.29 is 4.79 Å². The second-order valence-electron chi connectivity index (χ2n) is 7.97. The van der Waals surface area contributed by atoms with Gasteiger partial charge in [0.05, 0.1) is 6.20 Å². The molecule has 0 radical (unpaired) electrons. The lowest BCUT2D eigenvalue weighted by Crippen LogP contribution is -2.43. The topological polar surface area (TPSA) is 68.9 Å². The van der Waals surface area contributed by atoms with Crippen LogP contribution in [0, 0.1) is 5.92 Å². The van der Waals surface area contributed by atoms with Crippen LogP contribution in [0.3, 0.4) is 0 Å². The van der Waals surface area contributed by atoms with Crippen molar-refractivity contribution in [3.63, 3.8) is 0 Å². The second kappa shape index (κ2) is 7.78. The summed E-state index contributed by atoms with van der Waals surface area (Å²) < 4.78 is 3.36. The molecule has 2 atom stereocenters. The molecule has 0 spiro atoms. The molecule has 1 saturated carbocycles. The summed E-state index contributed by atoms with van der Waals surface area (Å²) in [5.74, 6) is 0.350. The quantitative estimate of drug-likeness (QED) is 0.737. The zero-order chi connectivity index (χ0) is 19.7. The molecule has 2 heterocycles. The number of amides is 1. The van der Waals surface area contributed by atoms with E-state index in [1.165, 1.54) is 11.1 Å². The zero-order valence-corrected chi connectivity index (χ0v) is 16.6. The second-order valence-corrected chi connectivity index (χ2v) is 7.97. The summed E-state index contributed by atoms with van der Waals surface area (Å²) >= 11 is 0. The van der Waals surface area contributed by atoms with Crippen molar-refractivity contribution in [1.29, 1.82) is 0 Å². The number of hydrogen-bond donors (Lipinski definition) is 1. The number of hydrogen-bond acceptors (Lipinski definition) is 3. The van der Waals surface area contributed by atoms with Gasteiger partial charge < -0.3 is 9.88 Å². The van der Waals surface area contributed by atoms with Gasteiger partial charge in [-0.2, -0.15) is 5.10 Å². The first-order valence-electron chi connectivity index (χ1n) is 10.4. The van der Waals surface area contributed by atoms with Crippen LogP contribution in [0.25, 0.3) is 21.8 Å². The molecule has 0 unspecified atom stereocenters. The average molecular weight is 380 g/mol. The number of carbonyl (C=O) groups is 1. The molecule has 148 valence electrons. The molecule has 4 rings (SSSR count). The van der Waals surface area contributed by atoms with E-state index in [-0.39, 0.29) is 24.1 Å². The number of nitrogens with one attached hydrogen (secondary N) is 1. The SMILES string of the molecule is CCCn1c2ccccc2c2cnn(CC(=O)N[C@@H]3CCCC[C@H]3C)c(=O)c21. The highest BCUT2D eigenvalue weighted by atomic mass is 16.2. The van der Waals surface area contributed by atoms with Crippen LogP contribution in [0.2, 0.25) is 0 Å². The lowest BCUT2D eigenvalue weighted by molar-refractivity contribution is -0.123. The van der Waals surface area contributed by atoms with Crippen LogP contribution in [0.1, 0.15) is 46.0 Å². The molecule has 1 amide bonds. The van der Waals surface area contributed by atoms with Crippen LogP contribution in [0.4, 0.5) is 0 Å². The van der Waals surface area contributed by atoms with Gasteiger partial charge in [0.15, 0.2) is 0 Å². The highest BCUT2D eigenvalue weighted by molar-refractivity contribution is 6.07. The van der Waals surface area contributed by atoms with Crippen LogP contribution in [0.15, 0.2) is 35.3 Å². The molecule has 1 N–H and O–H groups in total. The Kier molecular flexibility index (Phi) is 5.20. The molecule has 0 aliphatic heterocycles. The lowest BCUT2D eigenvalue weighted by Gasteiger charge is -2.29. The van der Waals surface area contributed by atoms with Gasteiger partial charge in [-0.25, -0.2) is 4.68 Å². The van der Waals surface area contributed by atoms with E-state index in [9.17, 15) is 9.59 Å². The first-order chi connectivity index (χ1) is 13.6. The van der Waals surface area contributed by atoms with E-state index in [0.717, 1.165) is 48.5 Å². The van der Waals surface area contributed by atoms with Gasteiger partial charge in [-0.05, 0) is 31.2 Å². The van der Waals surface area contributed by atoms with Gasteiger partial charge in [-0.1, -0.05) is 44.9 Å². The van der Waals surface area contributed by atoms with E-state index < -0.39 is 0 Å². The Morgan fingerprint density at radius 1 is 1.21 bits per heavy atom. The Labute approximate surface area is 164 Å². The predicted octanol–water partition coefficient (Wildman–Crippen LogP) is 3.46. The van der Waals surface area contributed by atoms with Crippen LogP contribution in [0.5, 0.6) is 0 Å². The molecule has 28 heavy (non-hydrogen) atoms. The van der Waals surface area contributed by atoms with Crippen molar-refractivity contribution in [3.8, 4) is 0 Å². The van der Waals surface area contributed by atoms with Crippen LogP contribution in [-0.2, 0) is 17.9 Å². The Bertz CT molecular complexity index is 1070. The van der Waals surface area contributed by atoms with Gasteiger partial charge in [-0.3, -0.25) is 9.59 Å². The molecule has 2 aromatic heterocycles. The summed E-state index contributed by atoms with van der Waals surface area (Å²) in [6.45, 7) is 5.00. The third-order valence-electron chi connectivity index (χ3n) is 5.97. The summed E-state index contributed by atoms with van der Waals surface area (Å²) in [5.41, 5.74) is 1.47. The Balaban J connectivity index is 1.67. The predicted molar refractivity (Wildman–Crippen MR) is 111 cm³/mol. The highest BCUT2D eigenvalue weighted by Crippen LogP contribution is 2.26. The Morgan fingerprint density at radius 2 is 2.00 bits per heavy atom. The number of benzene rings is 1. The highest BCUT2D eigenvalue weighted by Gasteiger charge is 2.23. The lowest BCUT2D eigenvalue weighted by atomic mass is 9.86. The molecule has 1 aromatic carbocycles. The number of para-hydroxylation sites is 1. The average Bonchev–Trinajstić information content (AvgIpc) is 3.01. The number of carbonyl (C=O) groups excluding carboxylic acids is 1. The molecule has 1 aliphatic carbocycles. The third kappa shape index (κ3) is 3.32. The molecule has 6 nitrogen and oxygen atoms in total. The van der Waals surface area contributed by atoms with Crippen LogP contribution >= 0.6 is 0 Å². The summed E-state index contributed by atoms with van der Waals surface area (Å²) in [5, 5.41) is 9.31. The van der Waals surface area contributed by atoms with Gasteiger partial charge in [0.1, 0.15) is 12.1 Å². The Morgan fingerprint density at radius 3 is 2.79 bits per heavy atom. The summed E-state index contributed by atoms with van der Waals surface area (Å²) in [7, 11) is 0. The third-order valence-corrected chi connectivity index (χ3v) is 5.97. The molecule has 1 aliphatic rings. The summed E-state index contributed by atoms with van der Waals surface area (Å²) in [6, 6.07) is 8.21. The number of aryl methyl sites for hydroxylation is 1. The first kappa shape index (κ1) is 18.7. The largest absolute Gasteiger partial charge is 0.351 e. The fourth-order valence-corrected chi connectivity index (χ4v) is 4.48. The van der Waals surface area contributed by atoms with E-state index >= 15 is 0 Å². The first-order valence-corrected chi connectivity index (χ1v) is 10.4. The smallest absolute Gasteiger partial charge is 0.291 e. The fourth-order valence-electron chi connectivity index (χ4n) is 4.48. The molecule has 1 fully saturated rings. The van der Waals surface area contributed by atoms with E-state index in [1.807, 2.05) is 24.3 Å². The van der Waals surface area contributed by atoms with Crippen molar-refractivity contribution in [2.24, 2.45) is 5.92 Å². The number of nitrogens with zero attached hydrogens (tertiary/aromatic N) is 3. The van der Waals surface area contributed by atoms with Gasteiger partial charge in [0.2, 0.25) is 5.91 Å². The Hall–Kier alpha value is -2.63. The van der Waals surface area contributed by atoms with E-state index in [1.54, 1.807) is 6.20 Å². The van der Waals surface area contributed by atoms with Crippen molar-refractivity contribution >= 4 is 27.7 Å². The minimum atomic E-state index is -0.200. The van der Waals surface area contributed by atoms with Gasteiger partial charge in [0.25, 0.3) is 5.56 Å². The monoisotopic (exact) mass is 380 g/mol. The number of rotatable bonds is 5. The minimum Gasteiger partial charge on any atom is -0.351 e. The number of fused-ring (bicyclic) bond motifs is 3. The summed E-state index contributed by atoms with van der Waals surface area (Å²) in [6.07, 6.45) is 7.19. The van der Waals surface area contributed by atoms with Gasteiger partial charge in [0, 0.05) is 28.9 Å². The maximum atomic E-state index is 13.2. The van der Waals surface area contributed by atoms with E-state index in [4.69, 9.17) is 0 Å². The number of aromatic nitrogens is 3.